The third-order valence-electron chi connectivity index (χ3n) is 3.17. The number of aliphatic hydroxyl groups excluding tert-OH is 2. The zero-order valence-corrected chi connectivity index (χ0v) is 10.3. The summed E-state index contributed by atoms with van der Waals surface area (Å²) in [6.45, 7) is 1.90. The van der Waals surface area contributed by atoms with Gasteiger partial charge in [-0.05, 0) is 24.1 Å². The van der Waals surface area contributed by atoms with Crippen LogP contribution in [0, 0.1) is 6.04 Å². The zero-order valence-electron chi connectivity index (χ0n) is 10.3. The highest BCUT2D eigenvalue weighted by Crippen LogP contribution is 2.40. The molecule has 1 aliphatic carbocycles. The lowest BCUT2D eigenvalue weighted by Crippen LogP contribution is -2.78. The molecule has 0 fully saturated rings. The van der Waals surface area contributed by atoms with Gasteiger partial charge in [-0.3, -0.25) is 0 Å². The Morgan fingerprint density at radius 3 is 2.06 bits per heavy atom. The summed E-state index contributed by atoms with van der Waals surface area (Å²) in [6.07, 6.45) is -1.51. The molecule has 0 radical (unpaired) electrons. The van der Waals surface area contributed by atoms with Crippen LogP contribution in [-0.2, 0) is 0 Å². The average Bonchev–Trinajstić information content (AvgIpc) is 2.55. The van der Waals surface area contributed by atoms with Crippen LogP contribution in [0.2, 0.25) is 0 Å². The van der Waals surface area contributed by atoms with Gasteiger partial charge < -0.3 is 20.1 Å². The van der Waals surface area contributed by atoms with Crippen molar-refractivity contribution in [3.8, 4) is 0 Å². The lowest BCUT2D eigenvalue weighted by molar-refractivity contribution is -0.473. The first-order valence-corrected chi connectivity index (χ1v) is 5.62. The van der Waals surface area contributed by atoms with Gasteiger partial charge in [0.1, 0.15) is 5.84 Å². The van der Waals surface area contributed by atoms with Crippen molar-refractivity contribution >= 4 is 5.84 Å². The molecule has 0 amide bonds. The predicted molar refractivity (Wildman–Crippen MR) is 64.9 cm³/mol. The van der Waals surface area contributed by atoms with E-state index >= 15 is 0 Å². The highest BCUT2D eigenvalue weighted by molar-refractivity contribution is 5.73. The summed E-state index contributed by atoms with van der Waals surface area (Å²) in [4.78, 5) is 4.98. The van der Waals surface area contributed by atoms with Crippen molar-refractivity contribution in [2.24, 2.45) is 0 Å². The minimum absolute atomic E-state index is 0.525. The quantitative estimate of drug-likeness (QED) is 0.344. The van der Waals surface area contributed by atoms with Crippen LogP contribution in [0.25, 0.3) is 0 Å². The van der Waals surface area contributed by atoms with E-state index in [1.54, 1.807) is 0 Å². The number of nitrogens with one attached hydrogen (secondary N) is 1. The van der Waals surface area contributed by atoms with Crippen molar-refractivity contribution in [2.45, 2.75) is 19.1 Å². The average molecular weight is 234 g/mol. The van der Waals surface area contributed by atoms with Gasteiger partial charge in [-0.15, -0.1) is 0 Å². The van der Waals surface area contributed by atoms with Gasteiger partial charge in [0.15, 0.2) is 0 Å². The van der Waals surface area contributed by atoms with E-state index in [1.165, 1.54) is 0 Å². The van der Waals surface area contributed by atoms with Crippen LogP contribution in [0.15, 0.2) is 24.3 Å². The van der Waals surface area contributed by atoms with Gasteiger partial charge >= 0.3 is 0 Å². The van der Waals surface area contributed by atoms with Crippen LogP contribution in [-0.4, -0.2) is 35.0 Å². The summed E-state index contributed by atoms with van der Waals surface area (Å²) in [5, 5.41) is 20.3. The predicted octanol–water partition coefficient (Wildman–Crippen LogP) is -0.640. The lowest BCUT2D eigenvalue weighted by atomic mass is 10.1. The molecule has 0 spiro atoms. The molecule has 1 aromatic rings. The number of benzene rings is 1. The highest BCUT2D eigenvalue weighted by Gasteiger charge is 2.34. The molecule has 1 aromatic carbocycles. The van der Waals surface area contributed by atoms with Crippen molar-refractivity contribution in [1.82, 2.24) is 4.90 Å². The Labute approximate surface area is 101 Å². The fourth-order valence-electron chi connectivity index (χ4n) is 1.95. The van der Waals surface area contributed by atoms with Crippen LogP contribution in [0.3, 0.4) is 0 Å². The number of aliphatic hydroxyl groups is 2. The molecule has 2 rings (SSSR count). The molecule has 0 aromatic heterocycles. The van der Waals surface area contributed by atoms with Gasteiger partial charge in [-0.1, -0.05) is 24.3 Å². The molecular weight excluding hydrogens is 216 g/mol. The fraction of sp³-hybridized carbons (Fsp3) is 0.385. The topological polar surface area (TPSA) is 57.7 Å². The smallest absolute Gasteiger partial charge is 0.100 e. The maximum atomic E-state index is 10.2. The second-order valence-corrected chi connectivity index (χ2v) is 4.49. The van der Waals surface area contributed by atoms with Crippen LogP contribution in [0.4, 0.5) is 0 Å². The Balaban J connectivity index is 2.33. The summed E-state index contributed by atoms with van der Waals surface area (Å²) < 4.78 is 0. The van der Waals surface area contributed by atoms with Gasteiger partial charge in [-0.2, -0.15) is 0 Å². The van der Waals surface area contributed by atoms with Gasteiger partial charge in [-0.25, -0.2) is 0 Å². The molecule has 0 bridgehead atoms. The molecule has 3 N–H and O–H groups in total. The van der Waals surface area contributed by atoms with E-state index in [0.29, 0.717) is 6.04 Å². The molecule has 2 unspecified atom stereocenters. The van der Waals surface area contributed by atoms with Crippen molar-refractivity contribution < 1.29 is 15.2 Å². The van der Waals surface area contributed by atoms with Crippen molar-refractivity contribution in [1.29, 1.82) is 0 Å². The van der Waals surface area contributed by atoms with Crippen molar-refractivity contribution in [2.75, 3.05) is 14.1 Å². The van der Waals surface area contributed by atoms with Crippen LogP contribution in [0.5, 0.6) is 0 Å². The third kappa shape index (κ3) is 2.01. The Morgan fingerprint density at radius 1 is 1.18 bits per heavy atom. The van der Waals surface area contributed by atoms with E-state index in [0.717, 1.165) is 17.0 Å². The molecule has 2 atom stereocenters. The van der Waals surface area contributed by atoms with Crippen LogP contribution in [0.1, 0.15) is 30.3 Å². The molecular formula is C13H18N2O2. The summed E-state index contributed by atoms with van der Waals surface area (Å²) in [5.74, 6) is 0.880. The van der Waals surface area contributed by atoms with E-state index < -0.39 is 12.2 Å². The molecule has 17 heavy (non-hydrogen) atoms. The van der Waals surface area contributed by atoms with E-state index in [9.17, 15) is 10.2 Å². The second-order valence-electron chi connectivity index (χ2n) is 4.49. The first-order valence-electron chi connectivity index (χ1n) is 5.62. The molecule has 0 heterocycles. The minimum atomic E-state index is -0.754. The lowest BCUT2D eigenvalue weighted by Gasteiger charge is -2.23. The number of amidine groups is 1. The van der Waals surface area contributed by atoms with E-state index in [2.05, 4.69) is 4.99 Å². The monoisotopic (exact) mass is 234 g/mol. The molecule has 0 aliphatic heterocycles. The summed E-state index contributed by atoms with van der Waals surface area (Å²) >= 11 is 0. The third-order valence-corrected chi connectivity index (χ3v) is 3.17. The Bertz CT molecular complexity index is 414. The maximum Gasteiger partial charge on any atom is 0.100 e. The van der Waals surface area contributed by atoms with Gasteiger partial charge in [0.25, 0.3) is 0 Å². The number of hydrogen-bond donors (Lipinski definition) is 3. The Hall–Kier alpha value is -1.52. The Morgan fingerprint density at radius 2 is 1.65 bits per heavy atom. The van der Waals surface area contributed by atoms with Crippen LogP contribution >= 0.6 is 0 Å². The van der Waals surface area contributed by atoms with Gasteiger partial charge in [0, 0.05) is 0 Å². The van der Waals surface area contributed by atoms with E-state index in [1.807, 2.05) is 50.2 Å². The maximum absolute atomic E-state index is 10.2. The van der Waals surface area contributed by atoms with Crippen LogP contribution < -0.4 is 4.99 Å². The zero-order chi connectivity index (χ0) is 12.6. The standard InChI is InChI=1S/C13H18N2O2/c1-8(15(2)3)14-11-12(16)9-6-4-5-7-10(9)13(11)17/h4-7,12-14,16-17H,1-3H3. The number of nitrogens with zero attached hydrogens (tertiary/aromatic N) is 1. The molecule has 0 saturated carbocycles. The van der Waals surface area contributed by atoms with Crippen molar-refractivity contribution in [3.05, 3.63) is 41.4 Å². The molecule has 1 aliphatic rings. The Kier molecular flexibility index (Phi) is 3.09. The minimum Gasteiger partial charge on any atom is -0.404 e. The number of rotatable bonds is 1. The highest BCUT2D eigenvalue weighted by atomic mass is 16.3. The number of fused-ring (bicyclic) bond motifs is 1. The largest absolute Gasteiger partial charge is 0.404 e. The van der Waals surface area contributed by atoms with E-state index in [-0.39, 0.29) is 0 Å². The molecule has 92 valence electrons. The summed E-state index contributed by atoms with van der Waals surface area (Å²) in [5.41, 5.74) is 1.54. The van der Waals surface area contributed by atoms with Crippen molar-refractivity contribution in [3.63, 3.8) is 0 Å². The van der Waals surface area contributed by atoms with E-state index in [4.69, 9.17) is 0 Å². The SMILES string of the molecule is CC(=[NH+][C-]1C(O)c2ccccc2C1O)N(C)C. The summed E-state index contributed by atoms with van der Waals surface area (Å²) in [6, 6.07) is 7.92. The molecule has 4 heteroatoms. The second kappa shape index (κ2) is 4.39. The normalized spacial score (nSPS) is 23.8. The first kappa shape index (κ1) is 12.0. The number of hydrogen-bond acceptors (Lipinski definition) is 2. The summed E-state index contributed by atoms with van der Waals surface area (Å²) in [7, 11) is 3.81. The molecule has 0 saturated heterocycles. The fourth-order valence-corrected chi connectivity index (χ4v) is 1.95. The first-order chi connectivity index (χ1) is 8.02. The molecule has 4 nitrogen and oxygen atoms in total. The van der Waals surface area contributed by atoms with Gasteiger partial charge in [0.05, 0.1) is 26.3 Å². The van der Waals surface area contributed by atoms with Gasteiger partial charge in [0.2, 0.25) is 0 Å².